The first-order valence-corrected chi connectivity index (χ1v) is 7.99. The van der Waals surface area contributed by atoms with E-state index < -0.39 is 0 Å². The molecule has 0 aliphatic rings. The molecule has 1 aromatic carbocycles. The highest BCUT2D eigenvalue weighted by Gasteiger charge is 1.96. The lowest BCUT2D eigenvalue weighted by atomic mass is 10.0. The normalized spacial score (nSPS) is 8.55. The maximum absolute atomic E-state index is 10.3. The zero-order valence-electron chi connectivity index (χ0n) is 15.2. The van der Waals surface area contributed by atoms with Crippen molar-refractivity contribution >= 4 is 6.29 Å². The molecular formula is C19H36O. The maximum Gasteiger partial charge on any atom is 0.150 e. The Morgan fingerprint density at radius 1 is 0.850 bits per heavy atom. The predicted octanol–water partition coefficient (Wildman–Crippen LogP) is 6.41. The van der Waals surface area contributed by atoms with E-state index in [4.69, 9.17) is 0 Å². The van der Waals surface area contributed by atoms with Crippen LogP contribution in [0.3, 0.4) is 0 Å². The van der Waals surface area contributed by atoms with E-state index in [9.17, 15) is 4.79 Å². The van der Waals surface area contributed by atoms with E-state index in [1.165, 1.54) is 5.56 Å². The smallest absolute Gasteiger partial charge is 0.150 e. The van der Waals surface area contributed by atoms with Gasteiger partial charge in [-0.1, -0.05) is 86.6 Å². The highest BCUT2D eigenvalue weighted by molar-refractivity contribution is 5.74. The zero-order chi connectivity index (χ0) is 16.6. The molecule has 1 rings (SSSR count). The molecule has 0 bridgehead atoms. The first-order chi connectivity index (χ1) is 9.45. The van der Waals surface area contributed by atoms with Crippen LogP contribution in [0.4, 0.5) is 0 Å². The first kappa shape index (κ1) is 23.9. The average molecular weight is 280 g/mol. The molecular weight excluding hydrogens is 244 g/mol. The summed E-state index contributed by atoms with van der Waals surface area (Å²) in [7, 11) is 0. The molecule has 0 radical (unpaired) electrons. The minimum absolute atomic E-state index is 0.673. The van der Waals surface area contributed by atoms with Crippen molar-refractivity contribution in [2.24, 2.45) is 11.8 Å². The second kappa shape index (κ2) is 17.9. The van der Waals surface area contributed by atoms with Gasteiger partial charge in [0.05, 0.1) is 0 Å². The molecule has 0 N–H and O–H groups in total. The third kappa shape index (κ3) is 19.2. The Labute approximate surface area is 127 Å². The highest BCUT2D eigenvalue weighted by atomic mass is 16.1. The van der Waals surface area contributed by atoms with Gasteiger partial charge in [-0.3, -0.25) is 4.79 Å². The topological polar surface area (TPSA) is 17.1 Å². The molecule has 118 valence electrons. The summed E-state index contributed by atoms with van der Waals surface area (Å²) in [6.45, 7) is 18.9. The van der Waals surface area contributed by atoms with E-state index >= 15 is 0 Å². The summed E-state index contributed by atoms with van der Waals surface area (Å²) >= 11 is 0. The third-order valence-electron chi connectivity index (χ3n) is 1.76. The quantitative estimate of drug-likeness (QED) is 0.584. The molecule has 1 nitrogen and oxygen atoms in total. The summed E-state index contributed by atoms with van der Waals surface area (Å²) in [5.41, 5.74) is 2.05. The molecule has 0 aromatic heterocycles. The molecule has 0 spiro atoms. The van der Waals surface area contributed by atoms with Crippen LogP contribution in [-0.2, 0) is 6.42 Å². The second-order valence-corrected chi connectivity index (χ2v) is 5.19. The fraction of sp³-hybridized carbons (Fsp3) is 0.632. The van der Waals surface area contributed by atoms with Crippen LogP contribution in [0, 0.1) is 11.8 Å². The number of benzene rings is 1. The molecule has 20 heavy (non-hydrogen) atoms. The summed E-state index contributed by atoms with van der Waals surface area (Å²) in [4.78, 5) is 10.3. The Balaban J connectivity index is -0.000000306. The monoisotopic (exact) mass is 280 g/mol. The van der Waals surface area contributed by atoms with Gasteiger partial charge in [-0.2, -0.15) is 0 Å². The number of rotatable bonds is 3. The average Bonchev–Trinajstić information content (AvgIpc) is 2.43. The standard InChI is InChI=1S/C11H14O.C4H10.2C2H6/c1-9(2)7-10-3-5-11(8-12)6-4-10;1-4(2)3;2*1-2/h3-6,8-9H,7H2,1-2H3;4H,1-3H3;2*1-2H3. The SMILES string of the molecule is CC.CC.CC(C)C.CC(C)Cc1ccc(C=O)cc1. The largest absolute Gasteiger partial charge is 0.298 e. The van der Waals surface area contributed by atoms with Crippen molar-refractivity contribution in [3.63, 3.8) is 0 Å². The van der Waals surface area contributed by atoms with Crippen LogP contribution in [0.25, 0.3) is 0 Å². The van der Waals surface area contributed by atoms with E-state index in [-0.39, 0.29) is 0 Å². The Bertz CT molecular complexity index is 280. The first-order valence-electron chi connectivity index (χ1n) is 7.99. The van der Waals surface area contributed by atoms with Gasteiger partial charge in [-0.15, -0.1) is 0 Å². The predicted molar refractivity (Wildman–Crippen MR) is 93.6 cm³/mol. The maximum atomic E-state index is 10.3. The lowest BCUT2D eigenvalue weighted by Crippen LogP contribution is -1.93. The van der Waals surface area contributed by atoms with E-state index in [2.05, 4.69) is 34.6 Å². The van der Waals surface area contributed by atoms with Crippen molar-refractivity contribution in [1.82, 2.24) is 0 Å². The second-order valence-electron chi connectivity index (χ2n) is 5.19. The van der Waals surface area contributed by atoms with Crippen molar-refractivity contribution in [3.05, 3.63) is 35.4 Å². The number of hydrogen-bond acceptors (Lipinski definition) is 1. The van der Waals surface area contributed by atoms with E-state index in [1.54, 1.807) is 0 Å². The van der Waals surface area contributed by atoms with Crippen LogP contribution in [-0.4, -0.2) is 6.29 Å². The van der Waals surface area contributed by atoms with Gasteiger partial charge in [-0.05, 0) is 23.8 Å². The van der Waals surface area contributed by atoms with Crippen LogP contribution in [0.5, 0.6) is 0 Å². The lowest BCUT2D eigenvalue weighted by Gasteiger charge is -2.03. The Morgan fingerprint density at radius 2 is 1.20 bits per heavy atom. The molecule has 0 heterocycles. The molecule has 1 heteroatoms. The molecule has 0 saturated carbocycles. The van der Waals surface area contributed by atoms with Gasteiger partial charge in [0.25, 0.3) is 0 Å². The molecule has 0 aliphatic carbocycles. The van der Waals surface area contributed by atoms with Crippen LogP contribution in [0.2, 0.25) is 0 Å². The van der Waals surface area contributed by atoms with Crippen molar-refractivity contribution in [3.8, 4) is 0 Å². The van der Waals surface area contributed by atoms with Gasteiger partial charge >= 0.3 is 0 Å². The Hall–Kier alpha value is -1.11. The Kier molecular flexibility index (Phi) is 21.4. The molecule has 0 unspecified atom stereocenters. The summed E-state index contributed by atoms with van der Waals surface area (Å²) < 4.78 is 0. The van der Waals surface area contributed by atoms with Gasteiger partial charge in [0.1, 0.15) is 6.29 Å². The Morgan fingerprint density at radius 3 is 1.45 bits per heavy atom. The fourth-order valence-corrected chi connectivity index (χ4v) is 1.20. The minimum Gasteiger partial charge on any atom is -0.298 e. The third-order valence-corrected chi connectivity index (χ3v) is 1.76. The van der Waals surface area contributed by atoms with Gasteiger partial charge in [0.15, 0.2) is 0 Å². The minimum atomic E-state index is 0.673. The van der Waals surface area contributed by atoms with Crippen LogP contribution in [0.1, 0.15) is 78.2 Å². The van der Waals surface area contributed by atoms with Crippen molar-refractivity contribution < 1.29 is 4.79 Å². The van der Waals surface area contributed by atoms with Crippen LogP contribution in [0.15, 0.2) is 24.3 Å². The van der Waals surface area contributed by atoms with Crippen molar-refractivity contribution in [1.29, 1.82) is 0 Å². The number of carbonyl (C=O) groups is 1. The van der Waals surface area contributed by atoms with Gasteiger partial charge in [0.2, 0.25) is 0 Å². The van der Waals surface area contributed by atoms with E-state index in [1.807, 2.05) is 52.0 Å². The molecule has 1 aromatic rings. The molecule has 0 atom stereocenters. The lowest BCUT2D eigenvalue weighted by molar-refractivity contribution is 0.112. The molecule has 0 aliphatic heterocycles. The van der Waals surface area contributed by atoms with Gasteiger partial charge in [-0.25, -0.2) is 0 Å². The summed E-state index contributed by atoms with van der Waals surface area (Å²) in [5.74, 6) is 1.51. The zero-order valence-corrected chi connectivity index (χ0v) is 15.2. The van der Waals surface area contributed by atoms with Crippen molar-refractivity contribution in [2.45, 2.75) is 68.7 Å². The number of hydrogen-bond donors (Lipinski definition) is 0. The van der Waals surface area contributed by atoms with E-state index in [0.717, 1.165) is 24.2 Å². The number of aldehydes is 1. The molecule has 0 amide bonds. The van der Waals surface area contributed by atoms with Crippen LogP contribution < -0.4 is 0 Å². The van der Waals surface area contributed by atoms with Gasteiger partial charge < -0.3 is 0 Å². The summed E-state index contributed by atoms with van der Waals surface area (Å²) in [6.07, 6.45) is 1.96. The van der Waals surface area contributed by atoms with Gasteiger partial charge in [0, 0.05) is 5.56 Å². The molecule has 0 saturated heterocycles. The van der Waals surface area contributed by atoms with E-state index in [0.29, 0.717) is 5.92 Å². The van der Waals surface area contributed by atoms with Crippen LogP contribution >= 0.6 is 0 Å². The number of carbonyl (C=O) groups excluding carboxylic acids is 1. The fourth-order valence-electron chi connectivity index (χ4n) is 1.20. The van der Waals surface area contributed by atoms with Crippen molar-refractivity contribution in [2.75, 3.05) is 0 Å². The molecule has 0 fully saturated rings. The highest BCUT2D eigenvalue weighted by Crippen LogP contribution is 2.08. The summed E-state index contributed by atoms with van der Waals surface area (Å²) in [6, 6.07) is 7.77. The summed E-state index contributed by atoms with van der Waals surface area (Å²) in [5, 5.41) is 0.